The molecule has 0 fully saturated rings. The summed E-state index contributed by atoms with van der Waals surface area (Å²) in [4.78, 5) is 0. The third-order valence-corrected chi connectivity index (χ3v) is 3.91. The van der Waals surface area contributed by atoms with Gasteiger partial charge in [0.15, 0.2) is 6.10 Å². The molecule has 2 aromatic carbocycles. The number of methoxy groups -OCH3 is 1. The van der Waals surface area contributed by atoms with Crippen LogP contribution in [0.2, 0.25) is 0 Å². The van der Waals surface area contributed by atoms with Crippen LogP contribution in [0.15, 0.2) is 65.1 Å². The molecule has 0 unspecified atom stereocenters. The predicted octanol–water partition coefficient (Wildman–Crippen LogP) is 3.22. The Balaban J connectivity index is 1.84. The van der Waals surface area contributed by atoms with Crippen molar-refractivity contribution >= 4 is 0 Å². The van der Waals surface area contributed by atoms with E-state index in [-0.39, 0.29) is 0 Å². The summed E-state index contributed by atoms with van der Waals surface area (Å²) in [5.41, 5.74) is 7.75. The molecule has 0 aliphatic rings. The molecule has 5 heteroatoms. The van der Waals surface area contributed by atoms with Crippen molar-refractivity contribution in [3.63, 3.8) is 0 Å². The second kappa shape index (κ2) is 6.95. The van der Waals surface area contributed by atoms with Gasteiger partial charge in [-0.25, -0.2) is 0 Å². The monoisotopic (exact) mass is 323 g/mol. The van der Waals surface area contributed by atoms with E-state index < -0.39 is 11.6 Å². The first-order chi connectivity index (χ1) is 11.6. The van der Waals surface area contributed by atoms with Crippen molar-refractivity contribution in [2.75, 3.05) is 7.11 Å². The molecule has 0 saturated carbocycles. The Morgan fingerprint density at radius 2 is 1.67 bits per heavy atom. The molecule has 2 atom stereocenters. The van der Waals surface area contributed by atoms with Crippen molar-refractivity contribution in [3.05, 3.63) is 83.6 Å². The summed E-state index contributed by atoms with van der Waals surface area (Å²) in [7, 11) is 1.62. The van der Waals surface area contributed by atoms with Crippen molar-refractivity contribution in [1.29, 1.82) is 0 Å². The van der Waals surface area contributed by atoms with E-state index in [2.05, 4.69) is 10.2 Å². The minimum atomic E-state index is -0.748. The maximum Gasteiger partial charge on any atom is 0.249 e. The molecule has 0 saturated heterocycles. The van der Waals surface area contributed by atoms with Gasteiger partial charge in [-0.3, -0.25) is 0 Å². The van der Waals surface area contributed by atoms with Crippen molar-refractivity contribution < 1.29 is 9.15 Å². The summed E-state index contributed by atoms with van der Waals surface area (Å²) in [6.45, 7) is 1.89. The fourth-order valence-electron chi connectivity index (χ4n) is 2.67. The van der Waals surface area contributed by atoms with Gasteiger partial charge in [0, 0.05) is 7.11 Å². The van der Waals surface area contributed by atoms with Crippen molar-refractivity contribution in [1.82, 2.24) is 10.2 Å². The largest absolute Gasteiger partial charge is 0.420 e. The van der Waals surface area contributed by atoms with Crippen molar-refractivity contribution in [2.45, 2.75) is 25.0 Å². The Morgan fingerprint density at radius 1 is 1.04 bits per heavy atom. The van der Waals surface area contributed by atoms with Gasteiger partial charge in [-0.15, -0.1) is 10.2 Å². The number of aromatic nitrogens is 2. The molecular weight excluding hydrogens is 302 g/mol. The fourth-order valence-corrected chi connectivity index (χ4v) is 2.67. The molecule has 1 heterocycles. The van der Waals surface area contributed by atoms with Crippen molar-refractivity contribution in [3.8, 4) is 0 Å². The summed E-state index contributed by atoms with van der Waals surface area (Å²) in [5, 5.41) is 8.31. The van der Waals surface area contributed by atoms with Gasteiger partial charge < -0.3 is 14.9 Å². The molecule has 3 aromatic rings. The Labute approximate surface area is 141 Å². The second-order valence-electron chi connectivity index (χ2n) is 6.05. The van der Waals surface area contributed by atoms with Gasteiger partial charge in [0.2, 0.25) is 11.8 Å². The minimum Gasteiger partial charge on any atom is -0.420 e. The van der Waals surface area contributed by atoms with E-state index in [4.69, 9.17) is 14.9 Å². The van der Waals surface area contributed by atoms with E-state index in [0.29, 0.717) is 18.2 Å². The minimum absolute atomic E-state index is 0.402. The van der Waals surface area contributed by atoms with Gasteiger partial charge in [-0.05, 0) is 24.5 Å². The molecule has 124 valence electrons. The summed E-state index contributed by atoms with van der Waals surface area (Å²) in [6.07, 6.45) is 0.207. The average Bonchev–Trinajstić information content (AvgIpc) is 3.08. The normalized spacial score (nSPS) is 15.0. The Bertz CT molecular complexity index is 770. The zero-order chi connectivity index (χ0) is 17.0. The van der Waals surface area contributed by atoms with Crippen LogP contribution in [0.25, 0.3) is 0 Å². The third kappa shape index (κ3) is 3.53. The lowest BCUT2D eigenvalue weighted by Crippen LogP contribution is -2.35. The van der Waals surface area contributed by atoms with Crippen LogP contribution in [0, 0.1) is 0 Å². The molecule has 0 bridgehead atoms. The van der Waals surface area contributed by atoms with Gasteiger partial charge in [0.05, 0.1) is 5.54 Å². The first-order valence-corrected chi connectivity index (χ1v) is 7.84. The number of ether oxygens (including phenoxy) is 1. The highest BCUT2D eigenvalue weighted by Crippen LogP contribution is 2.28. The highest BCUT2D eigenvalue weighted by molar-refractivity contribution is 5.23. The molecule has 5 nitrogen and oxygen atoms in total. The Kier molecular flexibility index (Phi) is 4.74. The van der Waals surface area contributed by atoms with Crippen LogP contribution >= 0.6 is 0 Å². The van der Waals surface area contributed by atoms with E-state index in [0.717, 1.165) is 11.1 Å². The van der Waals surface area contributed by atoms with Gasteiger partial charge in [0.1, 0.15) is 0 Å². The summed E-state index contributed by atoms with van der Waals surface area (Å²) < 4.78 is 11.4. The van der Waals surface area contributed by atoms with Gasteiger partial charge in [-0.1, -0.05) is 60.7 Å². The number of rotatable bonds is 6. The van der Waals surface area contributed by atoms with Crippen LogP contribution in [0.3, 0.4) is 0 Å². The molecule has 0 amide bonds. The van der Waals surface area contributed by atoms with Crippen LogP contribution in [-0.4, -0.2) is 17.3 Å². The first-order valence-electron chi connectivity index (χ1n) is 7.84. The number of nitrogens with two attached hydrogens (primary N) is 1. The molecule has 2 N–H and O–H groups in total. The van der Waals surface area contributed by atoms with Crippen LogP contribution in [-0.2, 0) is 16.7 Å². The summed E-state index contributed by atoms with van der Waals surface area (Å²) in [6, 6.07) is 19.8. The number of nitrogens with zero attached hydrogens (tertiary/aromatic N) is 2. The highest BCUT2D eigenvalue weighted by Gasteiger charge is 2.30. The Hall–Kier alpha value is -2.50. The maximum atomic E-state index is 6.43. The molecular formula is C19H21N3O2. The molecule has 3 rings (SSSR count). The summed E-state index contributed by atoms with van der Waals surface area (Å²) >= 11 is 0. The van der Waals surface area contributed by atoms with Crippen LogP contribution in [0.1, 0.15) is 35.9 Å². The lowest BCUT2D eigenvalue weighted by Gasteiger charge is -2.20. The smallest absolute Gasteiger partial charge is 0.249 e. The fraction of sp³-hybridized carbons (Fsp3) is 0.263. The maximum absolute atomic E-state index is 6.43. The summed E-state index contributed by atoms with van der Waals surface area (Å²) in [5.74, 6) is 0.808. The average molecular weight is 323 g/mol. The van der Waals surface area contributed by atoms with Crippen LogP contribution in [0.5, 0.6) is 0 Å². The number of benzene rings is 2. The molecule has 0 aliphatic carbocycles. The SMILES string of the molecule is CO[C@H](c1ccccc1)c1nnc([C@@](C)(N)Cc2ccccc2)o1. The van der Waals surface area contributed by atoms with Crippen LogP contribution in [0.4, 0.5) is 0 Å². The second-order valence-corrected chi connectivity index (χ2v) is 6.05. The van der Waals surface area contributed by atoms with E-state index in [1.165, 1.54) is 0 Å². The predicted molar refractivity (Wildman–Crippen MR) is 91.3 cm³/mol. The quantitative estimate of drug-likeness (QED) is 0.754. The van der Waals surface area contributed by atoms with Crippen LogP contribution < -0.4 is 5.73 Å². The lowest BCUT2D eigenvalue weighted by atomic mass is 9.94. The number of hydrogen-bond acceptors (Lipinski definition) is 5. The van der Waals surface area contributed by atoms with E-state index in [1.54, 1.807) is 7.11 Å². The van der Waals surface area contributed by atoms with Gasteiger partial charge >= 0.3 is 0 Å². The zero-order valence-corrected chi connectivity index (χ0v) is 13.8. The number of hydrogen-bond donors (Lipinski definition) is 1. The topological polar surface area (TPSA) is 74.2 Å². The van der Waals surface area contributed by atoms with E-state index >= 15 is 0 Å². The highest BCUT2D eigenvalue weighted by atomic mass is 16.5. The third-order valence-electron chi connectivity index (χ3n) is 3.91. The molecule has 1 aromatic heterocycles. The first kappa shape index (κ1) is 16.4. The van der Waals surface area contributed by atoms with Gasteiger partial charge in [-0.2, -0.15) is 0 Å². The standard InChI is InChI=1S/C19H21N3O2/c1-19(20,13-14-9-5-3-6-10-14)18-22-21-17(24-18)16(23-2)15-11-7-4-8-12-15/h3-12,16H,13,20H2,1-2H3/t16-,19+/m1/s1. The molecule has 24 heavy (non-hydrogen) atoms. The lowest BCUT2D eigenvalue weighted by molar-refractivity contribution is 0.108. The molecule has 0 spiro atoms. The molecule has 0 radical (unpaired) electrons. The van der Waals surface area contributed by atoms with E-state index in [9.17, 15) is 0 Å². The van der Waals surface area contributed by atoms with Crippen molar-refractivity contribution in [2.24, 2.45) is 5.73 Å². The Morgan fingerprint density at radius 3 is 2.29 bits per heavy atom. The van der Waals surface area contributed by atoms with E-state index in [1.807, 2.05) is 67.6 Å². The molecule has 0 aliphatic heterocycles. The zero-order valence-electron chi connectivity index (χ0n) is 13.8. The van der Waals surface area contributed by atoms with Gasteiger partial charge in [0.25, 0.3) is 0 Å².